The molecule has 0 saturated carbocycles. The first kappa shape index (κ1) is 29.3. The molecule has 0 spiro atoms. The van der Waals surface area contributed by atoms with E-state index in [0.717, 1.165) is 6.92 Å². The maximum Gasteiger partial charge on any atom is 0.209 e. The lowest BCUT2D eigenvalue weighted by Crippen LogP contribution is -2.67. The molecule has 4 atom stereocenters. The second kappa shape index (κ2) is 9.39. The molecule has 0 saturated heterocycles. The largest absolute Gasteiger partial charge is 0.511 e. The maximum absolute atomic E-state index is 14.2. The van der Waals surface area contributed by atoms with Gasteiger partial charge in [0.15, 0.2) is 23.5 Å². The van der Waals surface area contributed by atoms with E-state index in [1.165, 1.54) is 13.2 Å². The average molecular weight is 575 g/mol. The number of hydrogen-bond acceptors (Lipinski definition) is 9. The first-order chi connectivity index (χ1) is 19.6. The fourth-order valence-corrected chi connectivity index (χ4v) is 8.00. The van der Waals surface area contributed by atoms with Crippen LogP contribution in [0.15, 0.2) is 53.0 Å². The highest BCUT2D eigenvalue weighted by Crippen LogP contribution is 2.65. The van der Waals surface area contributed by atoms with Crippen LogP contribution in [0.2, 0.25) is 0 Å². The summed E-state index contributed by atoms with van der Waals surface area (Å²) >= 11 is 0. The highest BCUT2D eigenvalue weighted by atomic mass is 16.5. The van der Waals surface area contributed by atoms with Crippen LogP contribution in [0.5, 0.6) is 11.5 Å². The number of aliphatic hydroxyl groups excluding tert-OH is 2. The van der Waals surface area contributed by atoms with Crippen LogP contribution in [0.25, 0.3) is 11.1 Å². The number of aldehydes is 1. The van der Waals surface area contributed by atoms with Crippen molar-refractivity contribution in [3.63, 3.8) is 0 Å². The lowest BCUT2D eigenvalue weighted by atomic mass is 9.44. The van der Waals surface area contributed by atoms with Crippen molar-refractivity contribution in [1.29, 1.82) is 0 Å². The Bertz CT molecular complexity index is 1660. The van der Waals surface area contributed by atoms with E-state index in [4.69, 9.17) is 4.74 Å². The molecule has 0 aliphatic heterocycles. The first-order valence-electron chi connectivity index (χ1n) is 13.8. The number of aliphatic hydroxyl groups is 3. The molecule has 4 N–H and O–H groups in total. The number of phenols is 1. The minimum atomic E-state index is -2.67. The van der Waals surface area contributed by atoms with Crippen LogP contribution < -0.4 is 4.74 Å². The minimum Gasteiger partial charge on any atom is -0.511 e. The Morgan fingerprint density at radius 3 is 2.33 bits per heavy atom. The fraction of sp³-hybridized carbons (Fsp3) is 0.394. The Morgan fingerprint density at radius 2 is 1.76 bits per heavy atom. The lowest BCUT2D eigenvalue weighted by molar-refractivity contribution is -0.171. The quantitative estimate of drug-likeness (QED) is 0.290. The Kier molecular flexibility index (Phi) is 6.54. The van der Waals surface area contributed by atoms with Gasteiger partial charge in [0.05, 0.1) is 18.2 Å². The van der Waals surface area contributed by atoms with Crippen LogP contribution >= 0.6 is 0 Å². The first-order valence-corrected chi connectivity index (χ1v) is 13.8. The highest BCUT2D eigenvalue weighted by Gasteiger charge is 2.71. The zero-order valence-corrected chi connectivity index (χ0v) is 24.4. The molecular formula is C33H34O9. The third-order valence-corrected chi connectivity index (χ3v) is 9.56. The van der Waals surface area contributed by atoms with Gasteiger partial charge >= 0.3 is 0 Å². The summed E-state index contributed by atoms with van der Waals surface area (Å²) in [5, 5.41) is 46.1. The van der Waals surface area contributed by atoms with Gasteiger partial charge in [0.2, 0.25) is 5.78 Å². The van der Waals surface area contributed by atoms with Crippen molar-refractivity contribution in [2.45, 2.75) is 53.1 Å². The summed E-state index contributed by atoms with van der Waals surface area (Å²) in [6.07, 6.45) is 0.765. The second-order valence-electron chi connectivity index (χ2n) is 12.5. The van der Waals surface area contributed by atoms with Crippen molar-refractivity contribution in [3.8, 4) is 22.6 Å². The third kappa shape index (κ3) is 3.59. The third-order valence-electron chi connectivity index (χ3n) is 9.56. The summed E-state index contributed by atoms with van der Waals surface area (Å²) < 4.78 is 5.26. The molecule has 0 fully saturated rings. The summed E-state index contributed by atoms with van der Waals surface area (Å²) in [7, 11) is 1.45. The Balaban J connectivity index is 1.80. The van der Waals surface area contributed by atoms with E-state index in [0.29, 0.717) is 34.3 Å². The topological polar surface area (TPSA) is 158 Å². The fourth-order valence-electron chi connectivity index (χ4n) is 8.00. The number of aromatic hydroxyl groups is 1. The Morgan fingerprint density at radius 1 is 1.10 bits per heavy atom. The van der Waals surface area contributed by atoms with Gasteiger partial charge in [-0.15, -0.1) is 0 Å². The molecule has 0 heterocycles. The molecule has 5 rings (SSSR count). The van der Waals surface area contributed by atoms with E-state index in [9.17, 15) is 39.6 Å². The molecule has 2 aromatic rings. The molecule has 3 aliphatic rings. The number of allylic oxidation sites excluding steroid dienone is 2. The smallest absolute Gasteiger partial charge is 0.209 e. The molecule has 0 radical (unpaired) electrons. The summed E-state index contributed by atoms with van der Waals surface area (Å²) in [6.45, 7) is 7.99. The predicted octanol–water partition coefficient (Wildman–Crippen LogP) is 4.83. The maximum atomic E-state index is 14.2. The van der Waals surface area contributed by atoms with E-state index < -0.39 is 56.8 Å². The molecule has 3 aliphatic carbocycles. The lowest BCUT2D eigenvalue weighted by Gasteiger charge is -2.59. The molecule has 9 heteroatoms. The Hall–Kier alpha value is -4.24. The number of phenolic OH excluding ortho intramolecular Hbond substituents is 1. The molecule has 220 valence electrons. The molecule has 0 amide bonds. The van der Waals surface area contributed by atoms with Gasteiger partial charge in [-0.3, -0.25) is 19.2 Å². The summed E-state index contributed by atoms with van der Waals surface area (Å²) in [5.74, 6) is -5.22. The van der Waals surface area contributed by atoms with Gasteiger partial charge in [0.1, 0.15) is 28.6 Å². The van der Waals surface area contributed by atoms with Gasteiger partial charge in [-0.2, -0.15) is 0 Å². The number of Topliss-reactive ketones (excluding diaryl/α,β-unsaturated/α-hetero) is 3. The van der Waals surface area contributed by atoms with Gasteiger partial charge in [-0.05, 0) is 60.6 Å². The van der Waals surface area contributed by atoms with Gasteiger partial charge < -0.3 is 25.2 Å². The summed E-state index contributed by atoms with van der Waals surface area (Å²) in [5.41, 5.74) is -4.29. The van der Waals surface area contributed by atoms with Gasteiger partial charge in [-0.25, -0.2) is 0 Å². The number of hydrogen-bond donors (Lipinski definition) is 4. The molecule has 1 unspecified atom stereocenters. The molecule has 0 bridgehead atoms. The van der Waals surface area contributed by atoms with Gasteiger partial charge in [0, 0.05) is 22.3 Å². The number of ether oxygens (including phenoxy) is 1. The van der Waals surface area contributed by atoms with Crippen LogP contribution in [0.3, 0.4) is 0 Å². The van der Waals surface area contributed by atoms with Crippen molar-refractivity contribution in [1.82, 2.24) is 0 Å². The number of methoxy groups -OCH3 is 1. The van der Waals surface area contributed by atoms with Crippen LogP contribution in [0.4, 0.5) is 0 Å². The van der Waals surface area contributed by atoms with E-state index in [1.54, 1.807) is 52.0 Å². The zero-order valence-electron chi connectivity index (χ0n) is 24.4. The molecule has 42 heavy (non-hydrogen) atoms. The summed E-state index contributed by atoms with van der Waals surface area (Å²) in [4.78, 5) is 52.3. The standard InChI is InChI=1S/C33H34O9/c1-15(2)25-27(37)23(16(3)35)29(39)33(41)30(40)26-28(38)24-20(12-31(26,4)14-32(25,33)5)19(8-9-21(24)36)17-7-10-22(42-6)18(11-17)13-34/h7-11,13,15,25,36-37,40-41H,12,14H2,1-6H3/t25?,31-,32-,33+/m1/s1. The number of rotatable bonds is 5. The number of carbonyl (C=O) groups is 4. The van der Waals surface area contributed by atoms with E-state index >= 15 is 0 Å². The number of carbonyl (C=O) groups excluding carboxylic acids is 4. The number of ketones is 3. The molecule has 2 aromatic carbocycles. The van der Waals surface area contributed by atoms with Crippen molar-refractivity contribution in [2.24, 2.45) is 22.7 Å². The molecular weight excluding hydrogens is 540 g/mol. The van der Waals surface area contributed by atoms with Crippen LogP contribution in [-0.4, -0.2) is 56.8 Å². The zero-order chi connectivity index (χ0) is 31.1. The summed E-state index contributed by atoms with van der Waals surface area (Å²) in [6, 6.07) is 7.97. The second-order valence-corrected chi connectivity index (χ2v) is 12.5. The average Bonchev–Trinajstić information content (AvgIpc) is 2.90. The van der Waals surface area contributed by atoms with E-state index in [-0.39, 0.29) is 35.6 Å². The normalized spacial score (nSPS) is 28.8. The van der Waals surface area contributed by atoms with E-state index in [1.807, 2.05) is 0 Å². The number of fused-ring (bicyclic) bond motifs is 3. The minimum absolute atomic E-state index is 0.0117. The van der Waals surface area contributed by atoms with E-state index in [2.05, 4.69) is 0 Å². The van der Waals surface area contributed by atoms with Gasteiger partial charge in [0.25, 0.3) is 0 Å². The van der Waals surface area contributed by atoms with Crippen molar-refractivity contribution >= 4 is 23.6 Å². The Labute approximate surface area is 243 Å². The SMILES string of the molecule is COc1ccc(-c2ccc(O)c3c2C[C@]2(C)C[C@]4(C)C(C(C)C)C(O)=C(C(C)=O)C(=O)[C@]4(O)C(O)=C2C3=O)cc1C=O. The number of benzene rings is 2. The van der Waals surface area contributed by atoms with Crippen molar-refractivity contribution in [2.75, 3.05) is 7.11 Å². The monoisotopic (exact) mass is 574 g/mol. The van der Waals surface area contributed by atoms with Crippen LogP contribution in [-0.2, 0) is 16.0 Å². The van der Waals surface area contributed by atoms with Crippen LogP contribution in [0.1, 0.15) is 67.3 Å². The van der Waals surface area contributed by atoms with Crippen molar-refractivity contribution < 1.29 is 44.3 Å². The van der Waals surface area contributed by atoms with Crippen molar-refractivity contribution in [3.05, 3.63) is 69.7 Å². The molecule has 0 aromatic heterocycles. The molecule has 9 nitrogen and oxygen atoms in total. The predicted molar refractivity (Wildman–Crippen MR) is 153 cm³/mol. The highest BCUT2D eigenvalue weighted by molar-refractivity contribution is 6.25. The van der Waals surface area contributed by atoms with Gasteiger partial charge in [-0.1, -0.05) is 39.8 Å². The van der Waals surface area contributed by atoms with Crippen LogP contribution in [0, 0.1) is 22.7 Å².